The molecule has 3 aromatic rings. The summed E-state index contributed by atoms with van der Waals surface area (Å²) in [7, 11) is 0. The number of carbonyl (C=O) groups excluding carboxylic acids is 1. The van der Waals surface area contributed by atoms with Crippen molar-refractivity contribution in [3.8, 4) is 11.1 Å². The second kappa shape index (κ2) is 12.3. The summed E-state index contributed by atoms with van der Waals surface area (Å²) in [6, 6.07) is 17.3. The molecule has 2 saturated heterocycles. The zero-order valence-corrected chi connectivity index (χ0v) is 24.8. The van der Waals surface area contributed by atoms with Crippen LogP contribution in [-0.4, -0.2) is 73.1 Å². The topological polar surface area (TPSA) is 42.1 Å². The Morgan fingerprint density at radius 2 is 1.32 bits per heavy atom. The molecule has 6 rings (SSSR count). The molecule has 0 saturated carbocycles. The molecule has 0 spiro atoms. The lowest BCUT2D eigenvalue weighted by molar-refractivity contribution is 0.117. The predicted octanol–water partition coefficient (Wildman–Crippen LogP) is 6.89. The number of piperazine rings is 1. The molecule has 0 bridgehead atoms. The molecule has 3 aliphatic heterocycles. The van der Waals surface area contributed by atoms with Crippen LogP contribution in [0.1, 0.15) is 24.0 Å². The largest absolute Gasteiger partial charge is 0.333 e. The summed E-state index contributed by atoms with van der Waals surface area (Å²) in [5, 5.41) is 4.53. The van der Waals surface area contributed by atoms with Gasteiger partial charge in [0.15, 0.2) is 0 Å². The van der Waals surface area contributed by atoms with Crippen molar-refractivity contribution in [3.05, 3.63) is 80.8 Å². The number of urea groups is 1. The van der Waals surface area contributed by atoms with Crippen LogP contribution in [0.15, 0.2) is 54.6 Å². The molecule has 2 fully saturated rings. The third-order valence-corrected chi connectivity index (χ3v) is 9.21. The molecule has 6 nitrogen and oxygen atoms in total. The van der Waals surface area contributed by atoms with E-state index in [1.165, 1.54) is 32.5 Å². The quantitative estimate of drug-likeness (QED) is 0.322. The van der Waals surface area contributed by atoms with Gasteiger partial charge in [-0.05, 0) is 67.4 Å². The van der Waals surface area contributed by atoms with Crippen molar-refractivity contribution in [1.29, 1.82) is 0 Å². The summed E-state index contributed by atoms with van der Waals surface area (Å²) in [5.74, 6) is 0. The van der Waals surface area contributed by atoms with E-state index in [-0.39, 0.29) is 6.03 Å². The van der Waals surface area contributed by atoms with Crippen LogP contribution in [0.2, 0.25) is 15.1 Å². The Labute approximate surface area is 251 Å². The third-order valence-electron chi connectivity index (χ3n) is 8.27. The monoisotopic (exact) mass is 597 g/mol. The molecule has 1 N–H and O–H groups in total. The van der Waals surface area contributed by atoms with E-state index < -0.39 is 0 Å². The lowest BCUT2D eigenvalue weighted by atomic mass is 9.93. The second-order valence-corrected chi connectivity index (χ2v) is 12.1. The summed E-state index contributed by atoms with van der Waals surface area (Å²) in [5.41, 5.74) is 5.33. The smallest absolute Gasteiger partial charge is 0.326 e. The van der Waals surface area contributed by atoms with Gasteiger partial charge >= 0.3 is 6.03 Å². The number of hydrogen-bond donors (Lipinski definition) is 1. The van der Waals surface area contributed by atoms with Gasteiger partial charge in [-0.25, -0.2) is 4.79 Å². The van der Waals surface area contributed by atoms with Gasteiger partial charge in [0.05, 0.1) is 21.4 Å². The number of nitrogens with one attached hydrogen (secondary N) is 1. The fraction of sp³-hybridized carbons (Fsp3) is 0.387. The van der Waals surface area contributed by atoms with Crippen molar-refractivity contribution in [3.63, 3.8) is 0 Å². The van der Waals surface area contributed by atoms with E-state index in [9.17, 15) is 4.79 Å². The van der Waals surface area contributed by atoms with Gasteiger partial charge in [0, 0.05) is 68.5 Å². The number of likely N-dealkylation sites (tertiary alicyclic amines) is 1. The molecule has 2 amide bonds. The van der Waals surface area contributed by atoms with Crippen molar-refractivity contribution in [2.45, 2.75) is 25.9 Å². The highest BCUT2D eigenvalue weighted by molar-refractivity contribution is 6.40. The number of anilines is 2. The summed E-state index contributed by atoms with van der Waals surface area (Å²) in [4.78, 5) is 22.6. The molecule has 3 aromatic carbocycles. The van der Waals surface area contributed by atoms with Crippen molar-refractivity contribution < 1.29 is 4.79 Å². The lowest BCUT2D eigenvalue weighted by Gasteiger charge is -2.36. The van der Waals surface area contributed by atoms with Gasteiger partial charge in [0.1, 0.15) is 0 Å². The van der Waals surface area contributed by atoms with E-state index >= 15 is 0 Å². The van der Waals surface area contributed by atoms with Gasteiger partial charge in [0.25, 0.3) is 0 Å². The van der Waals surface area contributed by atoms with E-state index in [2.05, 4.69) is 32.1 Å². The van der Waals surface area contributed by atoms with Gasteiger partial charge < -0.3 is 10.2 Å². The molecule has 210 valence electrons. The second-order valence-electron chi connectivity index (χ2n) is 10.9. The van der Waals surface area contributed by atoms with Crippen LogP contribution in [-0.2, 0) is 13.1 Å². The van der Waals surface area contributed by atoms with Gasteiger partial charge in [-0.1, -0.05) is 59.1 Å². The number of halogens is 3. The molecule has 0 aromatic heterocycles. The number of para-hydroxylation sites is 1. The van der Waals surface area contributed by atoms with E-state index in [4.69, 9.17) is 34.8 Å². The molecule has 0 unspecified atom stereocenters. The van der Waals surface area contributed by atoms with E-state index in [0.717, 1.165) is 67.2 Å². The number of hydrogen-bond acceptors (Lipinski definition) is 4. The highest BCUT2D eigenvalue weighted by Crippen LogP contribution is 2.44. The molecule has 0 radical (unpaired) electrons. The first-order chi connectivity index (χ1) is 19.5. The Morgan fingerprint density at radius 1 is 0.700 bits per heavy atom. The molecular formula is C31H34Cl3N5O. The SMILES string of the molecule is O=C1NCc2c(-c3ccccc3Cl)cc(CN3CCN(CCN4CCCC4)CC3)cc2N1c1c(Cl)cccc1Cl. The first-order valence-corrected chi connectivity index (χ1v) is 15.2. The highest BCUT2D eigenvalue weighted by Gasteiger charge is 2.31. The van der Waals surface area contributed by atoms with Gasteiger partial charge in [-0.15, -0.1) is 0 Å². The Balaban J connectivity index is 1.30. The molecule has 9 heteroatoms. The zero-order chi connectivity index (χ0) is 27.6. The minimum Gasteiger partial charge on any atom is -0.333 e. The summed E-state index contributed by atoms with van der Waals surface area (Å²) >= 11 is 19.9. The summed E-state index contributed by atoms with van der Waals surface area (Å²) in [6.45, 7) is 10.2. The number of rotatable bonds is 7. The fourth-order valence-electron chi connectivity index (χ4n) is 6.11. The van der Waals surface area contributed by atoms with Crippen molar-refractivity contribution in [1.82, 2.24) is 20.0 Å². The molecule has 3 heterocycles. The predicted molar refractivity (Wildman–Crippen MR) is 165 cm³/mol. The third kappa shape index (κ3) is 5.85. The highest BCUT2D eigenvalue weighted by atomic mass is 35.5. The summed E-state index contributed by atoms with van der Waals surface area (Å²) < 4.78 is 0. The number of fused-ring (bicyclic) bond motifs is 1. The van der Waals surface area contributed by atoms with E-state index in [1.807, 2.05) is 24.3 Å². The number of nitrogens with zero attached hydrogens (tertiary/aromatic N) is 4. The first kappa shape index (κ1) is 27.8. The number of amides is 2. The maximum atomic E-state index is 13.3. The van der Waals surface area contributed by atoms with Crippen LogP contribution in [0.25, 0.3) is 11.1 Å². The van der Waals surface area contributed by atoms with Crippen LogP contribution in [0.5, 0.6) is 0 Å². The average Bonchev–Trinajstić information content (AvgIpc) is 3.47. The van der Waals surface area contributed by atoms with Crippen LogP contribution in [0.4, 0.5) is 16.2 Å². The lowest BCUT2D eigenvalue weighted by Crippen LogP contribution is -2.47. The van der Waals surface area contributed by atoms with Gasteiger partial charge in [-0.2, -0.15) is 0 Å². The summed E-state index contributed by atoms with van der Waals surface area (Å²) in [6.07, 6.45) is 2.68. The van der Waals surface area contributed by atoms with Gasteiger partial charge in [0.2, 0.25) is 0 Å². The molecule has 0 aliphatic carbocycles. The first-order valence-electron chi connectivity index (χ1n) is 14.1. The van der Waals surface area contributed by atoms with Crippen LogP contribution in [0.3, 0.4) is 0 Å². The zero-order valence-electron chi connectivity index (χ0n) is 22.5. The van der Waals surface area contributed by atoms with Crippen molar-refractivity contribution in [2.75, 3.05) is 57.3 Å². The normalized spacial score (nSPS) is 18.7. The maximum Gasteiger partial charge on any atom is 0.326 e. The van der Waals surface area contributed by atoms with Crippen molar-refractivity contribution in [2.24, 2.45) is 0 Å². The van der Waals surface area contributed by atoms with E-state index in [0.29, 0.717) is 27.3 Å². The average molecular weight is 599 g/mol. The fourth-order valence-corrected chi connectivity index (χ4v) is 6.91. The minimum atomic E-state index is -0.253. The molecule has 3 aliphatic rings. The Bertz CT molecular complexity index is 1370. The molecule has 40 heavy (non-hydrogen) atoms. The maximum absolute atomic E-state index is 13.3. The van der Waals surface area contributed by atoms with Crippen LogP contribution >= 0.6 is 34.8 Å². The Kier molecular flexibility index (Phi) is 8.54. The minimum absolute atomic E-state index is 0.253. The van der Waals surface area contributed by atoms with Crippen LogP contribution in [0, 0.1) is 0 Å². The Morgan fingerprint density at radius 3 is 2.02 bits per heavy atom. The van der Waals surface area contributed by atoms with Gasteiger partial charge in [-0.3, -0.25) is 14.7 Å². The molecular weight excluding hydrogens is 565 g/mol. The van der Waals surface area contributed by atoms with E-state index in [1.54, 1.807) is 23.1 Å². The number of carbonyl (C=O) groups is 1. The molecule has 0 atom stereocenters. The standard InChI is InChI=1S/C31H34Cl3N5O/c32-26-7-2-1-6-23(26)24-18-22(21-38-16-14-37(15-17-38)13-12-36-10-3-4-11-36)19-29-25(24)20-35-31(40)39(29)30-27(33)8-5-9-28(30)34/h1-2,5-9,18-19H,3-4,10-17,20-21H2,(H,35,40). The Hall–Kier alpha value is -2.32. The van der Waals surface area contributed by atoms with Crippen LogP contribution < -0.4 is 10.2 Å². The van der Waals surface area contributed by atoms with Crippen molar-refractivity contribution >= 4 is 52.2 Å². The number of benzene rings is 3.